The monoisotopic (exact) mass is 336 g/mol. The van der Waals surface area contributed by atoms with Crippen molar-refractivity contribution in [2.75, 3.05) is 25.1 Å². The highest BCUT2D eigenvalue weighted by molar-refractivity contribution is 7.99. The Bertz CT molecular complexity index is 602. The minimum absolute atomic E-state index is 0.248. The van der Waals surface area contributed by atoms with Crippen molar-refractivity contribution in [2.45, 2.75) is 17.9 Å². The molecule has 0 saturated carbocycles. The maximum atomic E-state index is 13.8. The molecule has 0 bridgehead atoms. The van der Waals surface area contributed by atoms with Crippen molar-refractivity contribution in [1.82, 2.24) is 10.0 Å². The summed E-state index contributed by atoms with van der Waals surface area (Å²) in [6.07, 6.45) is 0.934. The summed E-state index contributed by atoms with van der Waals surface area (Å²) in [5, 5.41) is 2.78. The van der Waals surface area contributed by atoms with Crippen LogP contribution in [0.4, 0.5) is 8.78 Å². The second-order valence-corrected chi connectivity index (χ2v) is 7.89. The molecular formula is C13H18F2N2O2S2. The summed E-state index contributed by atoms with van der Waals surface area (Å²) in [5.41, 5.74) is 0.383. The average Bonchev–Trinajstić information content (AvgIpc) is 2.94. The first-order valence-electron chi connectivity index (χ1n) is 6.64. The van der Waals surface area contributed by atoms with E-state index in [9.17, 15) is 17.2 Å². The van der Waals surface area contributed by atoms with E-state index in [4.69, 9.17) is 0 Å². The Labute approximate surface area is 127 Å². The molecule has 1 aliphatic heterocycles. The van der Waals surface area contributed by atoms with Crippen molar-refractivity contribution in [3.05, 3.63) is 29.3 Å². The van der Waals surface area contributed by atoms with Crippen LogP contribution in [0.1, 0.15) is 12.0 Å². The molecule has 2 rings (SSSR count). The number of thioether (sulfide) groups is 1. The van der Waals surface area contributed by atoms with Gasteiger partial charge >= 0.3 is 0 Å². The number of hydrogen-bond donors (Lipinski definition) is 2. The van der Waals surface area contributed by atoms with Crippen LogP contribution in [-0.2, 0) is 16.6 Å². The minimum atomic E-state index is -4.04. The van der Waals surface area contributed by atoms with Gasteiger partial charge in [-0.3, -0.25) is 0 Å². The lowest BCUT2D eigenvalue weighted by atomic mass is 10.1. The average molecular weight is 336 g/mol. The molecule has 21 heavy (non-hydrogen) atoms. The third-order valence-electron chi connectivity index (χ3n) is 3.31. The van der Waals surface area contributed by atoms with E-state index in [2.05, 4.69) is 10.0 Å². The van der Waals surface area contributed by atoms with Crippen molar-refractivity contribution in [1.29, 1.82) is 0 Å². The van der Waals surface area contributed by atoms with Crippen molar-refractivity contribution in [2.24, 2.45) is 5.92 Å². The summed E-state index contributed by atoms with van der Waals surface area (Å²) in [5.74, 6) is -0.340. The Kier molecular flexibility index (Phi) is 5.59. The van der Waals surface area contributed by atoms with Crippen LogP contribution in [0.2, 0.25) is 0 Å². The fraction of sp³-hybridized carbons (Fsp3) is 0.538. The van der Waals surface area contributed by atoms with E-state index < -0.39 is 26.6 Å². The van der Waals surface area contributed by atoms with E-state index in [1.807, 2.05) is 0 Å². The van der Waals surface area contributed by atoms with Crippen LogP contribution in [-0.4, -0.2) is 33.5 Å². The summed E-state index contributed by atoms with van der Waals surface area (Å²) in [4.78, 5) is -0.626. The molecule has 8 heteroatoms. The Morgan fingerprint density at radius 1 is 1.38 bits per heavy atom. The van der Waals surface area contributed by atoms with Gasteiger partial charge < -0.3 is 5.32 Å². The topological polar surface area (TPSA) is 58.2 Å². The van der Waals surface area contributed by atoms with Gasteiger partial charge in [-0.1, -0.05) is 0 Å². The highest BCUT2D eigenvalue weighted by atomic mass is 32.2. The molecule has 0 aliphatic carbocycles. The first-order valence-corrected chi connectivity index (χ1v) is 9.27. The molecule has 0 aromatic heterocycles. The number of hydrogen-bond acceptors (Lipinski definition) is 4. The van der Waals surface area contributed by atoms with Crippen LogP contribution in [0.3, 0.4) is 0 Å². The predicted molar refractivity (Wildman–Crippen MR) is 79.7 cm³/mol. The van der Waals surface area contributed by atoms with Crippen LogP contribution in [0.5, 0.6) is 0 Å². The van der Waals surface area contributed by atoms with Gasteiger partial charge in [0.1, 0.15) is 4.90 Å². The minimum Gasteiger partial charge on any atom is -0.316 e. The Morgan fingerprint density at radius 3 is 2.76 bits per heavy atom. The Balaban J connectivity index is 2.21. The summed E-state index contributed by atoms with van der Waals surface area (Å²) in [7, 11) is -2.40. The second-order valence-electron chi connectivity index (χ2n) is 5.00. The molecule has 1 unspecified atom stereocenters. The molecule has 1 heterocycles. The fourth-order valence-electron chi connectivity index (χ4n) is 2.17. The number of halogens is 2. The normalized spacial score (nSPS) is 19.1. The molecular weight excluding hydrogens is 318 g/mol. The highest BCUT2D eigenvalue weighted by Gasteiger charge is 2.25. The molecule has 1 saturated heterocycles. The molecule has 4 nitrogen and oxygen atoms in total. The smallest absolute Gasteiger partial charge is 0.243 e. The maximum Gasteiger partial charge on any atom is 0.243 e. The van der Waals surface area contributed by atoms with Gasteiger partial charge in [-0.05, 0) is 48.6 Å². The SMILES string of the molecule is CNCc1cc(F)c(F)c(S(=O)(=O)NCC2CCSC2)c1. The lowest BCUT2D eigenvalue weighted by molar-refractivity contribution is 0.479. The molecule has 0 amide bonds. The van der Waals surface area contributed by atoms with Crippen LogP contribution < -0.4 is 10.0 Å². The quantitative estimate of drug-likeness (QED) is 0.830. The van der Waals surface area contributed by atoms with Gasteiger partial charge in [-0.25, -0.2) is 21.9 Å². The van der Waals surface area contributed by atoms with Gasteiger partial charge in [0, 0.05) is 13.1 Å². The van der Waals surface area contributed by atoms with E-state index in [0.29, 0.717) is 5.56 Å². The Hall–Kier alpha value is -0.700. The molecule has 1 aromatic rings. The molecule has 2 N–H and O–H groups in total. The van der Waals surface area contributed by atoms with Crippen LogP contribution in [0, 0.1) is 17.6 Å². The Morgan fingerprint density at radius 2 is 2.14 bits per heavy atom. The molecule has 0 radical (unpaired) electrons. The molecule has 1 atom stereocenters. The first-order chi connectivity index (χ1) is 9.94. The zero-order valence-corrected chi connectivity index (χ0v) is 13.3. The van der Waals surface area contributed by atoms with Crippen molar-refractivity contribution in [3.8, 4) is 0 Å². The van der Waals surface area contributed by atoms with Crippen molar-refractivity contribution >= 4 is 21.8 Å². The number of rotatable bonds is 6. The third kappa shape index (κ3) is 4.15. The van der Waals surface area contributed by atoms with Gasteiger partial charge in [0.05, 0.1) is 0 Å². The zero-order chi connectivity index (χ0) is 15.5. The predicted octanol–water partition coefficient (Wildman–Crippen LogP) is 1.72. The third-order valence-corrected chi connectivity index (χ3v) is 5.97. The zero-order valence-electron chi connectivity index (χ0n) is 11.7. The van der Waals surface area contributed by atoms with E-state index in [-0.39, 0.29) is 19.0 Å². The highest BCUT2D eigenvalue weighted by Crippen LogP contribution is 2.24. The van der Waals surface area contributed by atoms with E-state index in [1.54, 1.807) is 18.8 Å². The lowest BCUT2D eigenvalue weighted by Gasteiger charge is -2.13. The number of benzene rings is 1. The molecule has 118 valence electrons. The van der Waals surface area contributed by atoms with Gasteiger partial charge in [0.2, 0.25) is 10.0 Å². The molecule has 1 aliphatic rings. The maximum absolute atomic E-state index is 13.8. The summed E-state index contributed by atoms with van der Waals surface area (Å²) < 4.78 is 54.1. The fourth-order valence-corrected chi connectivity index (χ4v) is 4.70. The molecule has 0 spiro atoms. The number of nitrogens with one attached hydrogen (secondary N) is 2. The summed E-state index contributed by atoms with van der Waals surface area (Å²) >= 11 is 1.77. The van der Waals surface area contributed by atoms with Gasteiger partial charge in [-0.2, -0.15) is 11.8 Å². The van der Waals surface area contributed by atoms with E-state index in [0.717, 1.165) is 24.0 Å². The molecule has 1 aromatic carbocycles. The van der Waals surface area contributed by atoms with Crippen LogP contribution in [0.15, 0.2) is 17.0 Å². The second kappa shape index (κ2) is 7.04. The van der Waals surface area contributed by atoms with Crippen LogP contribution in [0.25, 0.3) is 0 Å². The lowest BCUT2D eigenvalue weighted by Crippen LogP contribution is -2.30. The molecule has 1 fully saturated rings. The van der Waals surface area contributed by atoms with E-state index in [1.165, 1.54) is 6.07 Å². The van der Waals surface area contributed by atoms with E-state index >= 15 is 0 Å². The van der Waals surface area contributed by atoms with Gasteiger partial charge in [-0.15, -0.1) is 0 Å². The van der Waals surface area contributed by atoms with Crippen LogP contribution >= 0.6 is 11.8 Å². The summed E-state index contributed by atoms with van der Waals surface area (Å²) in [6.45, 7) is 0.519. The van der Waals surface area contributed by atoms with Gasteiger partial charge in [0.25, 0.3) is 0 Å². The van der Waals surface area contributed by atoms with Crippen molar-refractivity contribution < 1.29 is 17.2 Å². The summed E-state index contributed by atoms with van der Waals surface area (Å²) in [6, 6.07) is 2.17. The number of sulfonamides is 1. The standard InChI is InChI=1S/C13H18F2N2O2S2/c1-16-6-10-4-11(14)13(15)12(5-10)21(18,19)17-7-9-2-3-20-8-9/h4-5,9,16-17H,2-3,6-8H2,1H3. The first kappa shape index (κ1) is 16.7. The van der Waals surface area contributed by atoms with Gasteiger partial charge in [0.15, 0.2) is 11.6 Å². The largest absolute Gasteiger partial charge is 0.316 e. The van der Waals surface area contributed by atoms with Crippen molar-refractivity contribution in [3.63, 3.8) is 0 Å².